The fourth-order valence-corrected chi connectivity index (χ4v) is 5.47. The normalized spacial score (nSPS) is 18.9. The molecular weight excluding hydrogens is 484 g/mol. The maximum absolute atomic E-state index is 10.5. The minimum Gasteiger partial charge on any atom is -0.349 e. The Balaban J connectivity index is 0.000000215. The van der Waals surface area contributed by atoms with Crippen molar-refractivity contribution in [1.82, 2.24) is 15.1 Å². The summed E-state index contributed by atoms with van der Waals surface area (Å²) in [5.41, 5.74) is 4.41. The zero-order valence-electron chi connectivity index (χ0n) is 20.7. The second kappa shape index (κ2) is 10.8. The van der Waals surface area contributed by atoms with Crippen LogP contribution in [0, 0.1) is 6.92 Å². The van der Waals surface area contributed by atoms with Crippen LogP contribution in [0.5, 0.6) is 0 Å². The van der Waals surface area contributed by atoms with Crippen molar-refractivity contribution >= 4 is 15.9 Å². The monoisotopic (exact) mass is 514 g/mol. The molecule has 2 atom stereocenters. The quantitative estimate of drug-likeness (QED) is 0.381. The smallest absolute Gasteiger partial charge is 0.294 e. The summed E-state index contributed by atoms with van der Waals surface area (Å²) in [5, 5.41) is 8.98. The molecule has 0 saturated carbocycles. The number of nitrogens with zero attached hydrogens (tertiary/aromatic N) is 4. The molecule has 1 aromatic heterocycles. The summed E-state index contributed by atoms with van der Waals surface area (Å²) < 4.78 is 29.6. The number of piperazine rings is 1. The zero-order chi connectivity index (χ0) is 25.8. The number of fused-ring (bicyclic) bond motifs is 2. The molecule has 2 unspecified atom stereocenters. The molecule has 2 aliphatic rings. The topological polar surface area (TPSA) is 86.6 Å². The van der Waals surface area contributed by atoms with E-state index in [0.29, 0.717) is 12.1 Å². The van der Waals surface area contributed by atoms with Crippen molar-refractivity contribution in [2.45, 2.75) is 36.9 Å². The van der Waals surface area contributed by atoms with Crippen LogP contribution in [0.3, 0.4) is 0 Å². The molecule has 4 aromatic rings. The van der Waals surface area contributed by atoms with Crippen LogP contribution < -0.4 is 4.90 Å². The number of anilines is 1. The van der Waals surface area contributed by atoms with Gasteiger partial charge in [-0.25, -0.2) is 0 Å². The van der Waals surface area contributed by atoms with E-state index in [4.69, 9.17) is 4.55 Å². The predicted octanol–water partition coefficient (Wildman–Crippen LogP) is 4.85. The van der Waals surface area contributed by atoms with Gasteiger partial charge in [-0.1, -0.05) is 78.4 Å². The van der Waals surface area contributed by atoms with E-state index >= 15 is 0 Å². The molecule has 1 N–H and O–H groups in total. The summed E-state index contributed by atoms with van der Waals surface area (Å²) in [5.74, 6) is 1.01. The van der Waals surface area contributed by atoms with Gasteiger partial charge in [0, 0.05) is 37.3 Å². The predicted molar refractivity (Wildman–Crippen MR) is 145 cm³/mol. The Bertz CT molecular complexity index is 1410. The van der Waals surface area contributed by atoms with Crippen molar-refractivity contribution in [2.75, 3.05) is 18.0 Å². The van der Waals surface area contributed by atoms with Gasteiger partial charge in [0.2, 0.25) is 0 Å². The molecule has 0 amide bonds. The van der Waals surface area contributed by atoms with Gasteiger partial charge in [0.25, 0.3) is 10.1 Å². The highest BCUT2D eigenvalue weighted by Crippen LogP contribution is 2.34. The van der Waals surface area contributed by atoms with Crippen molar-refractivity contribution in [3.05, 3.63) is 108 Å². The second-order valence-electron chi connectivity index (χ2n) is 9.54. The fourth-order valence-electron chi connectivity index (χ4n) is 4.99. The van der Waals surface area contributed by atoms with Crippen LogP contribution in [0.25, 0.3) is 11.3 Å². The molecule has 37 heavy (non-hydrogen) atoms. The Labute approximate surface area is 218 Å². The van der Waals surface area contributed by atoms with Crippen LogP contribution in [0.1, 0.15) is 17.5 Å². The van der Waals surface area contributed by atoms with Crippen LogP contribution in [-0.4, -0.2) is 53.2 Å². The van der Waals surface area contributed by atoms with Crippen molar-refractivity contribution in [1.29, 1.82) is 0 Å². The maximum atomic E-state index is 10.5. The third kappa shape index (κ3) is 6.05. The number of rotatable bonds is 5. The van der Waals surface area contributed by atoms with E-state index < -0.39 is 10.1 Å². The number of hydrogen-bond donors (Lipinski definition) is 1. The van der Waals surface area contributed by atoms with Crippen LogP contribution >= 0.6 is 0 Å². The molecule has 6 rings (SSSR count). The van der Waals surface area contributed by atoms with Crippen LogP contribution in [0.2, 0.25) is 0 Å². The summed E-state index contributed by atoms with van der Waals surface area (Å²) >= 11 is 0. The molecule has 2 fully saturated rings. The fraction of sp³-hybridized carbons (Fsp3) is 0.241. The highest BCUT2D eigenvalue weighted by molar-refractivity contribution is 7.85. The molecule has 2 bridgehead atoms. The van der Waals surface area contributed by atoms with E-state index in [-0.39, 0.29) is 4.90 Å². The second-order valence-corrected chi connectivity index (χ2v) is 11.0. The number of benzene rings is 3. The van der Waals surface area contributed by atoms with Gasteiger partial charge in [-0.15, -0.1) is 10.2 Å². The standard InChI is InChI=1S/C22H22N4.C7H8O3S/c1-3-7-17(8-4-1)14-25-15-20-13-19(25)16-26(20)22-12-11-21(23-24-22)18-9-5-2-6-10-18;1-6-2-4-7(5-3-6)11(8,9)10/h1-12,19-20H,13-16H2;2-5H,1H3,(H,8,9,10). The third-order valence-electron chi connectivity index (χ3n) is 6.92. The number of hydrogen-bond acceptors (Lipinski definition) is 6. The van der Waals surface area contributed by atoms with E-state index in [1.807, 2.05) is 25.1 Å². The van der Waals surface area contributed by atoms with Crippen LogP contribution in [0.4, 0.5) is 5.82 Å². The van der Waals surface area contributed by atoms with Gasteiger partial charge in [-0.2, -0.15) is 8.42 Å². The van der Waals surface area contributed by atoms with Gasteiger partial charge in [-0.3, -0.25) is 9.45 Å². The summed E-state index contributed by atoms with van der Waals surface area (Å²) in [6.45, 7) is 5.06. The molecule has 190 valence electrons. The SMILES string of the molecule is Cc1ccc(S(=O)(=O)O)cc1.c1ccc(CN2CC3CC2CN3c2ccc(-c3ccccc3)nn2)cc1. The molecular formula is C29H30N4O3S. The van der Waals surface area contributed by atoms with Gasteiger partial charge in [0.05, 0.1) is 10.6 Å². The van der Waals surface area contributed by atoms with Gasteiger partial charge in [0.15, 0.2) is 5.82 Å². The Morgan fingerprint density at radius 1 is 0.811 bits per heavy atom. The number of aromatic nitrogens is 2. The Kier molecular flexibility index (Phi) is 7.32. The average Bonchev–Trinajstić information content (AvgIpc) is 3.51. The lowest BCUT2D eigenvalue weighted by Gasteiger charge is -2.34. The molecule has 3 aromatic carbocycles. The van der Waals surface area contributed by atoms with Gasteiger partial charge in [0.1, 0.15) is 0 Å². The molecule has 8 heteroatoms. The highest BCUT2D eigenvalue weighted by atomic mass is 32.2. The summed E-state index contributed by atoms with van der Waals surface area (Å²) in [6.07, 6.45) is 1.23. The van der Waals surface area contributed by atoms with E-state index in [1.54, 1.807) is 12.1 Å². The molecule has 3 heterocycles. The van der Waals surface area contributed by atoms with Gasteiger partial charge >= 0.3 is 0 Å². The summed E-state index contributed by atoms with van der Waals surface area (Å²) in [7, 11) is -4.02. The van der Waals surface area contributed by atoms with Crippen molar-refractivity contribution in [3.8, 4) is 11.3 Å². The third-order valence-corrected chi connectivity index (χ3v) is 7.78. The first-order valence-electron chi connectivity index (χ1n) is 12.3. The van der Waals surface area contributed by atoms with E-state index in [9.17, 15) is 8.42 Å². The van der Waals surface area contributed by atoms with Crippen LogP contribution in [-0.2, 0) is 16.7 Å². The van der Waals surface area contributed by atoms with Crippen molar-refractivity contribution in [3.63, 3.8) is 0 Å². The van der Waals surface area contributed by atoms with E-state index in [1.165, 1.54) is 24.1 Å². The Hall–Kier alpha value is -3.59. The molecule has 2 saturated heterocycles. The Morgan fingerprint density at radius 2 is 1.49 bits per heavy atom. The average molecular weight is 515 g/mol. The molecule has 7 nitrogen and oxygen atoms in total. The van der Waals surface area contributed by atoms with E-state index in [0.717, 1.165) is 42.3 Å². The van der Waals surface area contributed by atoms with Gasteiger partial charge in [-0.05, 0) is 43.2 Å². The first kappa shape index (κ1) is 25.1. The lowest BCUT2D eigenvalue weighted by Crippen LogP contribution is -2.46. The first-order valence-corrected chi connectivity index (χ1v) is 13.8. The molecule has 0 aliphatic carbocycles. The minimum atomic E-state index is -4.02. The summed E-state index contributed by atoms with van der Waals surface area (Å²) in [6, 6.07) is 32.4. The first-order chi connectivity index (χ1) is 17.9. The van der Waals surface area contributed by atoms with E-state index in [2.05, 4.69) is 74.6 Å². The largest absolute Gasteiger partial charge is 0.349 e. The van der Waals surface area contributed by atoms with Crippen LogP contribution in [0.15, 0.2) is 102 Å². The minimum absolute atomic E-state index is 0.0666. The number of likely N-dealkylation sites (tertiary alicyclic amines) is 1. The molecule has 0 spiro atoms. The number of aryl methyl sites for hydroxylation is 1. The van der Waals surface area contributed by atoms with Crippen molar-refractivity contribution in [2.24, 2.45) is 0 Å². The zero-order valence-corrected chi connectivity index (χ0v) is 21.5. The molecule has 2 aliphatic heterocycles. The molecule has 0 radical (unpaired) electrons. The Morgan fingerprint density at radius 3 is 2.05 bits per heavy atom. The highest BCUT2D eigenvalue weighted by Gasteiger charge is 2.43. The van der Waals surface area contributed by atoms with Crippen molar-refractivity contribution < 1.29 is 13.0 Å². The lowest BCUT2D eigenvalue weighted by molar-refractivity contribution is 0.230. The lowest BCUT2D eigenvalue weighted by atomic mass is 10.1. The van der Waals surface area contributed by atoms with Gasteiger partial charge < -0.3 is 4.90 Å². The maximum Gasteiger partial charge on any atom is 0.294 e. The summed E-state index contributed by atoms with van der Waals surface area (Å²) in [4.78, 5) is 4.99.